The fourth-order valence-corrected chi connectivity index (χ4v) is 2.20. The third kappa shape index (κ3) is 7.91. The van der Waals surface area contributed by atoms with Gasteiger partial charge in [0.2, 0.25) is 5.91 Å². The first kappa shape index (κ1) is 20.8. The SMILES string of the molecule is CCCCNCC(=O)NCC=O.CNCc1cnc2[nH]cc(C)c2c1. The molecule has 0 unspecified atom stereocenters. The first-order valence-electron chi connectivity index (χ1n) is 8.60. The van der Waals surface area contributed by atoms with Gasteiger partial charge in [-0.05, 0) is 44.1 Å². The number of amides is 1. The smallest absolute Gasteiger partial charge is 0.234 e. The molecule has 2 aromatic rings. The van der Waals surface area contributed by atoms with Crippen molar-refractivity contribution >= 4 is 23.2 Å². The summed E-state index contributed by atoms with van der Waals surface area (Å²) in [5, 5.41) is 9.73. The quantitative estimate of drug-likeness (QED) is 0.405. The van der Waals surface area contributed by atoms with Crippen molar-refractivity contribution in [3.63, 3.8) is 0 Å². The van der Waals surface area contributed by atoms with Gasteiger partial charge in [0.1, 0.15) is 11.9 Å². The molecule has 25 heavy (non-hydrogen) atoms. The van der Waals surface area contributed by atoms with Crippen molar-refractivity contribution in [1.29, 1.82) is 0 Å². The Balaban J connectivity index is 0.000000252. The number of carbonyl (C=O) groups is 2. The van der Waals surface area contributed by atoms with E-state index in [0.717, 1.165) is 31.6 Å². The molecule has 0 fully saturated rings. The maximum Gasteiger partial charge on any atom is 0.234 e. The van der Waals surface area contributed by atoms with Gasteiger partial charge in [-0.3, -0.25) is 4.79 Å². The third-order valence-electron chi connectivity index (χ3n) is 3.55. The number of rotatable bonds is 9. The van der Waals surface area contributed by atoms with Gasteiger partial charge in [-0.2, -0.15) is 0 Å². The highest BCUT2D eigenvalue weighted by molar-refractivity contribution is 5.80. The van der Waals surface area contributed by atoms with Crippen molar-refractivity contribution in [2.75, 3.05) is 26.7 Å². The largest absolute Gasteiger partial charge is 0.348 e. The number of unbranched alkanes of at least 4 members (excludes halogenated alkanes) is 1. The summed E-state index contributed by atoms with van der Waals surface area (Å²) in [7, 11) is 1.94. The second-order valence-corrected chi connectivity index (χ2v) is 5.74. The molecule has 2 rings (SSSR count). The lowest BCUT2D eigenvalue weighted by Gasteiger charge is -2.02. The third-order valence-corrected chi connectivity index (χ3v) is 3.55. The van der Waals surface area contributed by atoms with Crippen molar-refractivity contribution in [2.45, 2.75) is 33.2 Å². The Bertz CT molecular complexity index is 654. The second-order valence-electron chi connectivity index (χ2n) is 5.74. The Morgan fingerprint density at radius 3 is 2.88 bits per heavy atom. The van der Waals surface area contributed by atoms with E-state index in [9.17, 15) is 9.59 Å². The molecular formula is C18H29N5O2. The van der Waals surface area contributed by atoms with Gasteiger partial charge in [0.05, 0.1) is 13.1 Å². The van der Waals surface area contributed by atoms with Crippen LogP contribution in [-0.2, 0) is 16.1 Å². The standard InChI is InChI=1S/C10H13N3.C8H16N2O2/c1-7-4-12-10-9(7)3-8(5-11-2)6-13-10;1-2-3-4-9-7-8(12)10-5-6-11/h3-4,6,11H,5H2,1-2H3,(H,12,13);6,9H,2-5,7H2,1H3,(H,10,12). The summed E-state index contributed by atoms with van der Waals surface area (Å²) in [5.74, 6) is -0.127. The molecular weight excluding hydrogens is 318 g/mol. The van der Waals surface area contributed by atoms with Crippen molar-refractivity contribution in [3.05, 3.63) is 29.6 Å². The molecule has 7 heteroatoms. The number of pyridine rings is 1. The molecule has 1 amide bonds. The maximum absolute atomic E-state index is 10.8. The first-order valence-corrected chi connectivity index (χ1v) is 8.60. The molecule has 0 saturated heterocycles. The Morgan fingerprint density at radius 1 is 1.40 bits per heavy atom. The van der Waals surface area contributed by atoms with Crippen LogP contribution in [0.1, 0.15) is 30.9 Å². The van der Waals surface area contributed by atoms with Crippen molar-refractivity contribution in [2.24, 2.45) is 0 Å². The number of fused-ring (bicyclic) bond motifs is 1. The Hall–Kier alpha value is -2.25. The second kappa shape index (κ2) is 12.2. The summed E-state index contributed by atoms with van der Waals surface area (Å²) in [6.07, 6.45) is 6.74. The number of H-pyrrole nitrogens is 1. The number of carbonyl (C=O) groups excluding carboxylic acids is 2. The van der Waals surface area contributed by atoms with Crippen LogP contribution in [0.2, 0.25) is 0 Å². The molecule has 2 heterocycles. The molecule has 0 aliphatic rings. The molecule has 7 nitrogen and oxygen atoms in total. The summed E-state index contributed by atoms with van der Waals surface area (Å²) in [6.45, 7) is 6.30. The van der Waals surface area contributed by atoms with E-state index in [-0.39, 0.29) is 12.5 Å². The summed E-state index contributed by atoms with van der Waals surface area (Å²) in [6, 6.07) is 2.17. The van der Waals surface area contributed by atoms with E-state index in [1.54, 1.807) is 0 Å². The van der Waals surface area contributed by atoms with E-state index in [2.05, 4.69) is 45.8 Å². The molecule has 0 radical (unpaired) electrons. The van der Waals surface area contributed by atoms with Gasteiger partial charge >= 0.3 is 0 Å². The van der Waals surface area contributed by atoms with E-state index < -0.39 is 0 Å². The number of hydrogen-bond donors (Lipinski definition) is 4. The van der Waals surface area contributed by atoms with Gasteiger partial charge in [-0.15, -0.1) is 0 Å². The minimum Gasteiger partial charge on any atom is -0.348 e. The summed E-state index contributed by atoms with van der Waals surface area (Å²) < 4.78 is 0. The Kier molecular flexibility index (Phi) is 10.1. The van der Waals surface area contributed by atoms with Gasteiger partial charge in [0, 0.05) is 24.3 Å². The molecule has 0 saturated carbocycles. The average Bonchev–Trinajstić information content (AvgIpc) is 2.98. The zero-order valence-electron chi connectivity index (χ0n) is 15.3. The zero-order valence-corrected chi connectivity index (χ0v) is 15.3. The fourth-order valence-electron chi connectivity index (χ4n) is 2.20. The van der Waals surface area contributed by atoms with Crippen LogP contribution in [0.4, 0.5) is 0 Å². The lowest BCUT2D eigenvalue weighted by atomic mass is 10.2. The van der Waals surface area contributed by atoms with Gasteiger partial charge in [0.15, 0.2) is 0 Å². The van der Waals surface area contributed by atoms with Crippen molar-refractivity contribution in [3.8, 4) is 0 Å². The number of nitrogens with one attached hydrogen (secondary N) is 4. The maximum atomic E-state index is 10.8. The van der Waals surface area contributed by atoms with Gasteiger partial charge in [0.25, 0.3) is 0 Å². The van der Waals surface area contributed by atoms with E-state index in [0.29, 0.717) is 12.8 Å². The first-order chi connectivity index (χ1) is 12.1. The van der Waals surface area contributed by atoms with Crippen LogP contribution in [0.5, 0.6) is 0 Å². The van der Waals surface area contributed by atoms with Crippen LogP contribution in [0.25, 0.3) is 11.0 Å². The number of nitrogens with zero attached hydrogens (tertiary/aromatic N) is 1. The van der Waals surface area contributed by atoms with Gasteiger partial charge in [-0.1, -0.05) is 13.3 Å². The normalized spacial score (nSPS) is 10.2. The van der Waals surface area contributed by atoms with Crippen LogP contribution in [0, 0.1) is 6.92 Å². The number of aryl methyl sites for hydroxylation is 1. The van der Waals surface area contributed by atoms with Gasteiger partial charge < -0.3 is 25.7 Å². The molecule has 138 valence electrons. The predicted molar refractivity (Wildman–Crippen MR) is 100 cm³/mol. The summed E-state index contributed by atoms with van der Waals surface area (Å²) in [5.41, 5.74) is 3.44. The van der Waals surface area contributed by atoms with Crippen molar-refractivity contribution in [1.82, 2.24) is 25.9 Å². The lowest BCUT2D eigenvalue weighted by Crippen LogP contribution is -2.35. The van der Waals surface area contributed by atoms with E-state index in [1.807, 2.05) is 19.4 Å². The van der Waals surface area contributed by atoms with Crippen LogP contribution < -0.4 is 16.0 Å². The highest BCUT2D eigenvalue weighted by atomic mass is 16.2. The number of aromatic nitrogens is 2. The predicted octanol–water partition coefficient (Wildman–Crippen LogP) is 1.28. The highest BCUT2D eigenvalue weighted by Gasteiger charge is 2.01. The van der Waals surface area contributed by atoms with Gasteiger partial charge in [-0.25, -0.2) is 4.98 Å². The summed E-state index contributed by atoms with van der Waals surface area (Å²) >= 11 is 0. The fraction of sp³-hybridized carbons (Fsp3) is 0.500. The molecule has 0 atom stereocenters. The Labute approximate surface area is 149 Å². The van der Waals surface area contributed by atoms with Crippen LogP contribution in [-0.4, -0.2) is 48.8 Å². The summed E-state index contributed by atoms with van der Waals surface area (Å²) in [4.78, 5) is 28.1. The molecule has 0 spiro atoms. The minimum absolute atomic E-state index is 0.105. The van der Waals surface area contributed by atoms with Crippen molar-refractivity contribution < 1.29 is 9.59 Å². The monoisotopic (exact) mass is 347 g/mol. The van der Waals surface area contributed by atoms with Crippen LogP contribution >= 0.6 is 0 Å². The molecule has 0 bridgehead atoms. The molecule has 2 aromatic heterocycles. The molecule has 4 N–H and O–H groups in total. The molecule has 0 aliphatic heterocycles. The topological polar surface area (TPSA) is 98.9 Å². The van der Waals surface area contributed by atoms with Crippen LogP contribution in [0.15, 0.2) is 18.5 Å². The highest BCUT2D eigenvalue weighted by Crippen LogP contribution is 2.16. The average molecular weight is 347 g/mol. The minimum atomic E-state index is -0.127. The molecule has 0 aromatic carbocycles. The number of aromatic amines is 1. The number of hydrogen-bond acceptors (Lipinski definition) is 5. The zero-order chi connectivity index (χ0) is 18.5. The Morgan fingerprint density at radius 2 is 2.20 bits per heavy atom. The van der Waals surface area contributed by atoms with Crippen LogP contribution in [0.3, 0.4) is 0 Å². The molecule has 0 aliphatic carbocycles. The van der Waals surface area contributed by atoms with E-state index in [4.69, 9.17) is 0 Å². The lowest BCUT2D eigenvalue weighted by molar-refractivity contribution is -0.121. The van der Waals surface area contributed by atoms with E-state index >= 15 is 0 Å². The van der Waals surface area contributed by atoms with E-state index in [1.165, 1.54) is 16.5 Å². The number of aldehydes is 1.